The standard InChI is InChI=1S/C14H18O5S/c1-20(18,19)10-5-6-11(12(15)9-10)14(13(16)17)7-3-2-4-8-14/h5-6,9,15H,2-4,7-8H2,1H3,(H,16,17). The molecule has 2 rings (SSSR count). The van der Waals surface area contributed by atoms with Gasteiger partial charge in [0.05, 0.1) is 10.3 Å². The summed E-state index contributed by atoms with van der Waals surface area (Å²) in [6.07, 6.45) is 4.55. The van der Waals surface area contributed by atoms with E-state index in [1.165, 1.54) is 12.1 Å². The molecule has 1 aliphatic carbocycles. The number of phenolic OH excluding ortho intramolecular Hbond substituents is 1. The maximum absolute atomic E-state index is 11.7. The van der Waals surface area contributed by atoms with Gasteiger partial charge in [0.1, 0.15) is 5.75 Å². The summed E-state index contributed by atoms with van der Waals surface area (Å²) < 4.78 is 22.9. The van der Waals surface area contributed by atoms with Crippen molar-refractivity contribution in [2.24, 2.45) is 0 Å². The van der Waals surface area contributed by atoms with Crippen LogP contribution >= 0.6 is 0 Å². The summed E-state index contributed by atoms with van der Waals surface area (Å²) in [7, 11) is -3.42. The van der Waals surface area contributed by atoms with Gasteiger partial charge < -0.3 is 10.2 Å². The Kier molecular flexibility index (Phi) is 3.77. The molecule has 0 unspecified atom stereocenters. The van der Waals surface area contributed by atoms with Crippen LogP contribution in [0, 0.1) is 0 Å². The number of phenols is 1. The number of aliphatic carboxylic acids is 1. The maximum atomic E-state index is 11.7. The predicted molar refractivity (Wildman–Crippen MR) is 73.6 cm³/mol. The highest BCUT2D eigenvalue weighted by molar-refractivity contribution is 7.90. The number of aromatic hydroxyl groups is 1. The molecule has 0 heterocycles. The number of benzene rings is 1. The topological polar surface area (TPSA) is 91.7 Å². The Hall–Kier alpha value is -1.56. The molecule has 1 fully saturated rings. The summed E-state index contributed by atoms with van der Waals surface area (Å²) in [5, 5.41) is 19.7. The minimum Gasteiger partial charge on any atom is -0.508 e. The molecule has 2 N–H and O–H groups in total. The van der Waals surface area contributed by atoms with Crippen LogP contribution in [0.4, 0.5) is 0 Å². The van der Waals surface area contributed by atoms with Crippen LogP contribution in [0.5, 0.6) is 5.75 Å². The first-order valence-corrected chi connectivity index (χ1v) is 8.43. The van der Waals surface area contributed by atoms with E-state index in [4.69, 9.17) is 0 Å². The van der Waals surface area contributed by atoms with Gasteiger partial charge in [-0.1, -0.05) is 25.3 Å². The third-order valence-corrected chi connectivity index (χ3v) is 5.14. The lowest BCUT2D eigenvalue weighted by Gasteiger charge is -2.34. The van der Waals surface area contributed by atoms with E-state index in [1.54, 1.807) is 0 Å². The van der Waals surface area contributed by atoms with Crippen molar-refractivity contribution in [1.29, 1.82) is 0 Å². The largest absolute Gasteiger partial charge is 0.508 e. The summed E-state index contributed by atoms with van der Waals surface area (Å²) in [6.45, 7) is 0. The summed E-state index contributed by atoms with van der Waals surface area (Å²) in [6, 6.07) is 3.94. The van der Waals surface area contributed by atoms with E-state index in [9.17, 15) is 23.4 Å². The molecule has 20 heavy (non-hydrogen) atoms. The van der Waals surface area contributed by atoms with Crippen molar-refractivity contribution in [2.75, 3.05) is 6.26 Å². The highest BCUT2D eigenvalue weighted by Gasteiger charge is 2.43. The molecule has 0 saturated heterocycles. The zero-order valence-electron chi connectivity index (χ0n) is 11.3. The van der Waals surface area contributed by atoms with Crippen LogP contribution < -0.4 is 0 Å². The zero-order chi connectivity index (χ0) is 15.0. The van der Waals surface area contributed by atoms with Gasteiger partial charge in [-0.05, 0) is 25.0 Å². The fourth-order valence-corrected chi connectivity index (χ4v) is 3.54. The second-order valence-electron chi connectivity index (χ2n) is 5.40. The third-order valence-electron chi connectivity index (χ3n) is 4.03. The van der Waals surface area contributed by atoms with Crippen molar-refractivity contribution < 1.29 is 23.4 Å². The number of carboxylic acid groups (broad SMARTS) is 1. The number of hydrogen-bond donors (Lipinski definition) is 2. The lowest BCUT2D eigenvalue weighted by molar-refractivity contribution is -0.145. The van der Waals surface area contributed by atoms with E-state index in [-0.39, 0.29) is 10.6 Å². The zero-order valence-corrected chi connectivity index (χ0v) is 12.1. The SMILES string of the molecule is CS(=O)(=O)c1ccc(C2(C(=O)O)CCCCC2)c(O)c1. The van der Waals surface area contributed by atoms with Crippen LogP contribution in [0.25, 0.3) is 0 Å². The van der Waals surface area contributed by atoms with Crippen molar-refractivity contribution in [3.63, 3.8) is 0 Å². The Labute approximate surface area is 118 Å². The highest BCUT2D eigenvalue weighted by atomic mass is 32.2. The quantitative estimate of drug-likeness (QED) is 0.891. The molecule has 0 spiro atoms. The summed E-state index contributed by atoms with van der Waals surface area (Å²) in [4.78, 5) is 11.7. The van der Waals surface area contributed by atoms with Crippen LogP contribution in [0.1, 0.15) is 37.7 Å². The van der Waals surface area contributed by atoms with Gasteiger partial charge in [-0.25, -0.2) is 8.42 Å². The van der Waals surface area contributed by atoms with E-state index in [1.807, 2.05) is 0 Å². The number of carbonyl (C=O) groups is 1. The molecule has 0 aliphatic heterocycles. The van der Waals surface area contributed by atoms with Gasteiger partial charge in [0.25, 0.3) is 0 Å². The van der Waals surface area contributed by atoms with Crippen LogP contribution in [0.2, 0.25) is 0 Å². The van der Waals surface area contributed by atoms with Crippen molar-refractivity contribution in [3.05, 3.63) is 23.8 Å². The average molecular weight is 298 g/mol. The van der Waals surface area contributed by atoms with Crippen LogP contribution in [-0.2, 0) is 20.0 Å². The van der Waals surface area contributed by atoms with Crippen LogP contribution in [0.15, 0.2) is 23.1 Å². The monoisotopic (exact) mass is 298 g/mol. The minimum absolute atomic E-state index is 0.00454. The molecule has 1 saturated carbocycles. The normalized spacial score (nSPS) is 18.6. The van der Waals surface area contributed by atoms with E-state index in [0.29, 0.717) is 18.4 Å². The van der Waals surface area contributed by atoms with Gasteiger partial charge in [-0.3, -0.25) is 4.79 Å². The van der Waals surface area contributed by atoms with E-state index in [0.717, 1.165) is 31.6 Å². The van der Waals surface area contributed by atoms with Gasteiger partial charge in [0, 0.05) is 11.8 Å². The molecule has 0 bridgehead atoms. The second-order valence-corrected chi connectivity index (χ2v) is 7.41. The average Bonchev–Trinajstić information content (AvgIpc) is 2.38. The van der Waals surface area contributed by atoms with E-state index >= 15 is 0 Å². The lowest BCUT2D eigenvalue weighted by atomic mass is 9.69. The smallest absolute Gasteiger partial charge is 0.314 e. The Morgan fingerprint density at radius 1 is 1.20 bits per heavy atom. The Balaban J connectivity index is 2.53. The number of carboxylic acids is 1. The highest BCUT2D eigenvalue weighted by Crippen LogP contribution is 2.43. The van der Waals surface area contributed by atoms with Gasteiger partial charge in [-0.2, -0.15) is 0 Å². The third kappa shape index (κ3) is 2.52. The number of hydrogen-bond acceptors (Lipinski definition) is 4. The van der Waals surface area contributed by atoms with Crippen LogP contribution in [0.3, 0.4) is 0 Å². The molecule has 0 amide bonds. The van der Waals surface area contributed by atoms with Gasteiger partial charge in [-0.15, -0.1) is 0 Å². The minimum atomic E-state index is -3.42. The summed E-state index contributed by atoms with van der Waals surface area (Å²) >= 11 is 0. The van der Waals surface area contributed by atoms with Gasteiger partial charge in [0.15, 0.2) is 9.84 Å². The molecule has 1 aromatic carbocycles. The van der Waals surface area contributed by atoms with Gasteiger partial charge >= 0.3 is 5.97 Å². The lowest BCUT2D eigenvalue weighted by Crippen LogP contribution is -2.37. The Morgan fingerprint density at radius 2 is 1.80 bits per heavy atom. The van der Waals surface area contributed by atoms with E-state index < -0.39 is 21.2 Å². The molecule has 0 aromatic heterocycles. The first-order valence-electron chi connectivity index (χ1n) is 6.54. The molecule has 1 aromatic rings. The molecule has 6 heteroatoms. The van der Waals surface area contributed by atoms with Crippen molar-refractivity contribution in [1.82, 2.24) is 0 Å². The molecule has 110 valence electrons. The predicted octanol–water partition coefficient (Wildman–Crippen LogP) is 2.08. The molecular weight excluding hydrogens is 280 g/mol. The maximum Gasteiger partial charge on any atom is 0.314 e. The number of rotatable bonds is 3. The molecule has 5 nitrogen and oxygen atoms in total. The molecule has 0 radical (unpaired) electrons. The second kappa shape index (κ2) is 5.09. The Bertz CT molecular complexity index is 627. The number of sulfone groups is 1. The van der Waals surface area contributed by atoms with Crippen molar-refractivity contribution >= 4 is 15.8 Å². The fourth-order valence-electron chi connectivity index (χ4n) is 2.90. The van der Waals surface area contributed by atoms with E-state index in [2.05, 4.69) is 0 Å². The molecule has 0 atom stereocenters. The molecular formula is C14H18O5S. The summed E-state index contributed by atoms with van der Waals surface area (Å²) in [5.74, 6) is -1.21. The van der Waals surface area contributed by atoms with Crippen molar-refractivity contribution in [3.8, 4) is 5.75 Å². The Morgan fingerprint density at radius 3 is 2.25 bits per heavy atom. The summed E-state index contributed by atoms with van der Waals surface area (Å²) in [5.41, 5.74) is -0.782. The first-order chi connectivity index (χ1) is 9.27. The van der Waals surface area contributed by atoms with Crippen LogP contribution in [-0.4, -0.2) is 30.9 Å². The first kappa shape index (κ1) is 14.8. The fraction of sp³-hybridized carbons (Fsp3) is 0.500. The van der Waals surface area contributed by atoms with Crippen molar-refractivity contribution in [2.45, 2.75) is 42.4 Å². The van der Waals surface area contributed by atoms with Gasteiger partial charge in [0.2, 0.25) is 0 Å². The molecule has 1 aliphatic rings.